The maximum atomic E-state index is 2.61. The molecule has 2 nitrogen and oxygen atoms in total. The second-order valence-electron chi connectivity index (χ2n) is 19.8. The summed E-state index contributed by atoms with van der Waals surface area (Å²) >= 11 is 1.89. The number of thiophene rings is 1. The zero-order valence-corrected chi connectivity index (χ0v) is 36.7. The van der Waals surface area contributed by atoms with Crippen molar-refractivity contribution >= 4 is 78.6 Å². The lowest BCUT2D eigenvalue weighted by atomic mass is 9.33. The molecule has 4 heteroatoms. The molecule has 1 aromatic heterocycles. The number of aryl methyl sites for hydroxylation is 3. The van der Waals surface area contributed by atoms with Crippen LogP contribution in [0.15, 0.2) is 115 Å². The van der Waals surface area contributed by atoms with E-state index in [0.717, 1.165) is 0 Å². The molecular formula is C53H55BN2S. The summed E-state index contributed by atoms with van der Waals surface area (Å²) in [5, 5.41) is 1.30. The van der Waals surface area contributed by atoms with Crippen LogP contribution in [0.25, 0.3) is 20.5 Å². The maximum Gasteiger partial charge on any atom is 0.252 e. The van der Waals surface area contributed by atoms with Crippen molar-refractivity contribution in [1.29, 1.82) is 0 Å². The lowest BCUT2D eigenvalue weighted by Crippen LogP contribution is -2.61. The van der Waals surface area contributed by atoms with Gasteiger partial charge in [-0.1, -0.05) is 129 Å². The van der Waals surface area contributed by atoms with Crippen LogP contribution in [0.2, 0.25) is 0 Å². The van der Waals surface area contributed by atoms with Crippen molar-refractivity contribution in [1.82, 2.24) is 0 Å². The molecule has 0 amide bonds. The number of anilines is 6. The lowest BCUT2D eigenvalue weighted by Gasteiger charge is -2.45. The van der Waals surface area contributed by atoms with Crippen molar-refractivity contribution in [3.8, 4) is 10.4 Å². The third-order valence-electron chi connectivity index (χ3n) is 12.4. The molecule has 7 aromatic rings. The van der Waals surface area contributed by atoms with Gasteiger partial charge in [-0.25, -0.2) is 0 Å². The van der Waals surface area contributed by atoms with E-state index in [-0.39, 0.29) is 23.0 Å². The van der Waals surface area contributed by atoms with Gasteiger partial charge in [-0.3, -0.25) is 0 Å². The highest BCUT2D eigenvalue weighted by Crippen LogP contribution is 2.48. The average Bonchev–Trinajstić information content (AvgIpc) is 3.58. The molecule has 2 aliphatic heterocycles. The van der Waals surface area contributed by atoms with Gasteiger partial charge in [0, 0.05) is 38.0 Å². The van der Waals surface area contributed by atoms with Crippen LogP contribution >= 0.6 is 11.3 Å². The first-order valence-corrected chi connectivity index (χ1v) is 21.4. The van der Waals surface area contributed by atoms with E-state index in [1.807, 2.05) is 11.3 Å². The van der Waals surface area contributed by atoms with E-state index < -0.39 is 0 Å². The van der Waals surface area contributed by atoms with Crippen LogP contribution in [-0.2, 0) is 16.2 Å². The van der Waals surface area contributed by atoms with Gasteiger partial charge in [-0.2, -0.15) is 0 Å². The minimum Gasteiger partial charge on any atom is -0.311 e. The van der Waals surface area contributed by atoms with Gasteiger partial charge >= 0.3 is 0 Å². The number of benzene rings is 6. The van der Waals surface area contributed by atoms with E-state index in [2.05, 4.69) is 208 Å². The van der Waals surface area contributed by atoms with Crippen molar-refractivity contribution in [2.24, 2.45) is 0 Å². The van der Waals surface area contributed by atoms with Crippen molar-refractivity contribution in [3.05, 3.63) is 149 Å². The molecular weight excluding hydrogens is 707 g/mol. The molecule has 0 aliphatic carbocycles. The molecule has 9 rings (SSSR count). The molecule has 0 bridgehead atoms. The monoisotopic (exact) mass is 762 g/mol. The molecule has 2 aliphatic rings. The second kappa shape index (κ2) is 13.0. The largest absolute Gasteiger partial charge is 0.311 e. The fourth-order valence-corrected chi connectivity index (χ4v) is 10.3. The van der Waals surface area contributed by atoms with Gasteiger partial charge < -0.3 is 9.80 Å². The average molecular weight is 763 g/mol. The fraction of sp³-hybridized carbons (Fsp3) is 0.283. The van der Waals surface area contributed by atoms with Crippen LogP contribution in [0, 0.1) is 20.8 Å². The van der Waals surface area contributed by atoms with E-state index in [9.17, 15) is 0 Å². The minimum absolute atomic E-state index is 0.00389. The van der Waals surface area contributed by atoms with Crippen LogP contribution in [0.4, 0.5) is 34.1 Å². The summed E-state index contributed by atoms with van der Waals surface area (Å²) in [5.74, 6) is 0. The Hall–Kier alpha value is -5.06. The molecule has 0 spiro atoms. The quantitative estimate of drug-likeness (QED) is 0.165. The topological polar surface area (TPSA) is 6.48 Å². The highest BCUT2D eigenvalue weighted by atomic mass is 32.1. The van der Waals surface area contributed by atoms with E-state index in [0.29, 0.717) is 0 Å². The van der Waals surface area contributed by atoms with Crippen LogP contribution in [0.5, 0.6) is 0 Å². The molecule has 0 unspecified atom stereocenters. The molecule has 0 saturated carbocycles. The molecule has 286 valence electrons. The number of nitrogens with zero attached hydrogens (tertiary/aromatic N) is 2. The SMILES string of the molecule is Cc1cc2c3c(c1)N(c1c(C)cc(C(C)(C)C)cc1C)c1ccc(-c4cc5ccccc5s4)cc1B3c1cc(C(C)(C)C)ccc1N2c1ccc(C(C)(C)C)cc1. The van der Waals surface area contributed by atoms with Gasteiger partial charge in [0.15, 0.2) is 0 Å². The zero-order chi connectivity index (χ0) is 40.3. The molecule has 0 atom stereocenters. The highest BCUT2D eigenvalue weighted by Gasteiger charge is 2.44. The number of fused-ring (bicyclic) bond motifs is 5. The Kier molecular flexibility index (Phi) is 8.54. The molecule has 0 N–H and O–H groups in total. The Labute approximate surface area is 345 Å². The van der Waals surface area contributed by atoms with Crippen molar-refractivity contribution in [2.45, 2.75) is 99.3 Å². The third kappa shape index (κ3) is 6.23. The van der Waals surface area contributed by atoms with Crippen LogP contribution in [-0.4, -0.2) is 6.71 Å². The third-order valence-corrected chi connectivity index (χ3v) is 13.5. The van der Waals surface area contributed by atoms with Crippen LogP contribution < -0.4 is 26.2 Å². The van der Waals surface area contributed by atoms with Gasteiger partial charge in [0.25, 0.3) is 6.71 Å². The van der Waals surface area contributed by atoms with Gasteiger partial charge in [0.1, 0.15) is 0 Å². The van der Waals surface area contributed by atoms with Crippen LogP contribution in [0.3, 0.4) is 0 Å². The Bertz CT molecular complexity index is 2680. The minimum atomic E-state index is -0.00389. The Morgan fingerprint density at radius 1 is 0.491 bits per heavy atom. The number of hydrogen-bond acceptors (Lipinski definition) is 3. The molecule has 0 fully saturated rings. The zero-order valence-electron chi connectivity index (χ0n) is 35.8. The number of rotatable bonds is 3. The highest BCUT2D eigenvalue weighted by molar-refractivity contribution is 7.22. The first kappa shape index (κ1) is 37.5. The molecule has 0 saturated heterocycles. The molecule has 57 heavy (non-hydrogen) atoms. The van der Waals surface area contributed by atoms with Crippen LogP contribution in [0.1, 0.15) is 95.7 Å². The van der Waals surface area contributed by atoms with Gasteiger partial charge in [-0.05, 0) is 146 Å². The standard InChI is InChI=1S/C53H55BN2S/c1-32-25-45-49-46(26-32)56(50-33(2)27-39(28-34(50)3)53(10,11)12)44-23-17-36(48-30-35-15-13-14-16-47(35)57-48)29-41(44)54(49)42-31-38(52(7,8)9)20-24-43(42)55(45)40-21-18-37(19-22-40)51(4,5)6/h13-31H,1-12H3. The molecule has 3 heterocycles. The smallest absolute Gasteiger partial charge is 0.252 e. The van der Waals surface area contributed by atoms with Gasteiger partial charge in [0.05, 0.1) is 5.69 Å². The Balaban J connectivity index is 1.37. The normalized spacial score (nSPS) is 13.9. The first-order valence-electron chi connectivity index (χ1n) is 20.6. The van der Waals surface area contributed by atoms with Crippen molar-refractivity contribution < 1.29 is 0 Å². The maximum absolute atomic E-state index is 2.61. The first-order chi connectivity index (χ1) is 26.9. The van der Waals surface area contributed by atoms with Crippen molar-refractivity contribution in [2.75, 3.05) is 9.80 Å². The molecule has 0 radical (unpaired) electrons. The van der Waals surface area contributed by atoms with Crippen molar-refractivity contribution in [3.63, 3.8) is 0 Å². The summed E-state index contributed by atoms with van der Waals surface area (Å²) in [6.07, 6.45) is 0. The number of hydrogen-bond donors (Lipinski definition) is 0. The fourth-order valence-electron chi connectivity index (χ4n) is 9.26. The molecule has 6 aromatic carbocycles. The summed E-state index contributed by atoms with van der Waals surface area (Å²) in [7, 11) is 0. The summed E-state index contributed by atoms with van der Waals surface area (Å²) in [4.78, 5) is 6.48. The van der Waals surface area contributed by atoms with E-state index >= 15 is 0 Å². The Morgan fingerprint density at radius 3 is 1.68 bits per heavy atom. The van der Waals surface area contributed by atoms with E-state index in [1.165, 1.54) is 104 Å². The van der Waals surface area contributed by atoms with Gasteiger partial charge in [-0.15, -0.1) is 11.3 Å². The predicted octanol–water partition coefficient (Wildman–Crippen LogP) is 13.5. The van der Waals surface area contributed by atoms with E-state index in [1.54, 1.807) is 0 Å². The summed E-state index contributed by atoms with van der Waals surface area (Å²) < 4.78 is 1.33. The predicted molar refractivity (Wildman–Crippen MR) is 252 cm³/mol. The van der Waals surface area contributed by atoms with E-state index in [4.69, 9.17) is 0 Å². The summed E-state index contributed by atoms with van der Waals surface area (Å²) in [6, 6.07) is 44.8. The summed E-state index contributed by atoms with van der Waals surface area (Å²) in [5.41, 5.74) is 20.9. The second-order valence-corrected chi connectivity index (χ2v) is 20.9. The Morgan fingerprint density at radius 2 is 1.05 bits per heavy atom. The van der Waals surface area contributed by atoms with Gasteiger partial charge in [0.2, 0.25) is 0 Å². The lowest BCUT2D eigenvalue weighted by molar-refractivity contribution is 0.589. The summed E-state index contributed by atoms with van der Waals surface area (Å²) in [6.45, 7) is 27.8.